The molecular weight excluding hydrogens is 336 g/mol. The lowest BCUT2D eigenvalue weighted by Crippen LogP contribution is -2.23. The summed E-state index contributed by atoms with van der Waals surface area (Å²) in [5.41, 5.74) is 4.83. The van der Waals surface area contributed by atoms with Crippen molar-refractivity contribution in [2.75, 3.05) is 19.8 Å². The molecule has 1 atom stereocenters. The number of ether oxygens (including phenoxy) is 2. The average Bonchev–Trinajstić information content (AvgIpc) is 3.34. The smallest absolute Gasteiger partial charge is 0.143 e. The molecule has 0 saturated carbocycles. The number of para-hydroxylation sites is 2. The summed E-state index contributed by atoms with van der Waals surface area (Å²) < 4.78 is 13.9. The third-order valence-electron chi connectivity index (χ3n) is 4.94. The zero-order valence-corrected chi connectivity index (χ0v) is 16.0. The number of rotatable bonds is 6. The molecule has 0 radical (unpaired) electrons. The Bertz CT molecular complexity index is 885. The zero-order valence-electron chi connectivity index (χ0n) is 16.0. The van der Waals surface area contributed by atoms with Gasteiger partial charge in [-0.2, -0.15) is 0 Å². The van der Waals surface area contributed by atoms with Crippen LogP contribution in [0.2, 0.25) is 0 Å². The Balaban J connectivity index is 1.54. The molecule has 1 fully saturated rings. The van der Waals surface area contributed by atoms with E-state index in [9.17, 15) is 0 Å². The molecule has 0 spiro atoms. The first-order chi connectivity index (χ1) is 13.2. The van der Waals surface area contributed by atoms with E-state index in [1.807, 2.05) is 25.1 Å². The molecule has 1 saturated heterocycles. The Hall–Kier alpha value is -2.56. The first kappa shape index (κ1) is 17.8. The van der Waals surface area contributed by atoms with Gasteiger partial charge in [0.05, 0.1) is 18.9 Å². The highest BCUT2D eigenvalue weighted by Gasteiger charge is 2.27. The van der Waals surface area contributed by atoms with E-state index < -0.39 is 0 Å². The minimum absolute atomic E-state index is 0.00758. The molecule has 4 rings (SSSR count). The topological polar surface area (TPSA) is 26.6 Å². The van der Waals surface area contributed by atoms with Crippen LogP contribution in [0.1, 0.15) is 29.8 Å². The van der Waals surface area contributed by atoms with Crippen molar-refractivity contribution in [2.45, 2.75) is 26.6 Å². The van der Waals surface area contributed by atoms with Crippen LogP contribution in [0, 0.1) is 6.92 Å². The summed E-state index contributed by atoms with van der Waals surface area (Å²) in [5, 5.41) is 0. The van der Waals surface area contributed by atoms with Gasteiger partial charge < -0.3 is 14.0 Å². The molecule has 3 aromatic rings. The maximum Gasteiger partial charge on any atom is 0.143 e. The standard InChI is InChI=1S/C23H26N2O2/c1-3-26-22-7-5-4-6-21(22)24-13-12-20(17-24)23-25(14-15-27-23)16-19-10-8-18(2)9-11-19/h4-13,17,23H,3,14-16H2,1-2H3/t23-/m0/s1. The minimum Gasteiger partial charge on any atom is -0.492 e. The quantitative estimate of drug-likeness (QED) is 0.635. The number of aryl methyl sites for hydroxylation is 1. The second-order valence-electron chi connectivity index (χ2n) is 6.93. The molecule has 1 aliphatic heterocycles. The number of benzene rings is 2. The number of nitrogens with zero attached hydrogens (tertiary/aromatic N) is 2. The van der Waals surface area contributed by atoms with Gasteiger partial charge in [0.25, 0.3) is 0 Å². The predicted molar refractivity (Wildman–Crippen MR) is 107 cm³/mol. The van der Waals surface area contributed by atoms with E-state index in [0.717, 1.165) is 31.1 Å². The lowest BCUT2D eigenvalue weighted by atomic mass is 10.1. The van der Waals surface area contributed by atoms with E-state index >= 15 is 0 Å². The van der Waals surface area contributed by atoms with Gasteiger partial charge in [0, 0.05) is 31.0 Å². The van der Waals surface area contributed by atoms with E-state index in [0.29, 0.717) is 6.61 Å². The summed E-state index contributed by atoms with van der Waals surface area (Å²) >= 11 is 0. The largest absolute Gasteiger partial charge is 0.492 e. The van der Waals surface area contributed by atoms with Crippen LogP contribution in [0.25, 0.3) is 5.69 Å². The third kappa shape index (κ3) is 3.92. The fourth-order valence-electron chi connectivity index (χ4n) is 3.56. The van der Waals surface area contributed by atoms with Gasteiger partial charge in [-0.25, -0.2) is 0 Å². The zero-order chi connectivity index (χ0) is 18.6. The van der Waals surface area contributed by atoms with Crippen molar-refractivity contribution in [1.82, 2.24) is 9.47 Å². The number of hydrogen-bond donors (Lipinski definition) is 0. The predicted octanol–water partition coefficient (Wildman–Crippen LogP) is 4.72. The number of hydrogen-bond acceptors (Lipinski definition) is 3. The van der Waals surface area contributed by atoms with Crippen molar-refractivity contribution < 1.29 is 9.47 Å². The Labute approximate surface area is 161 Å². The highest BCUT2D eigenvalue weighted by atomic mass is 16.5. The minimum atomic E-state index is -0.00758. The summed E-state index contributed by atoms with van der Waals surface area (Å²) in [7, 11) is 0. The van der Waals surface area contributed by atoms with Gasteiger partial charge in [-0.3, -0.25) is 4.90 Å². The molecule has 2 aromatic carbocycles. The molecule has 0 aliphatic carbocycles. The van der Waals surface area contributed by atoms with Gasteiger partial charge in [0.2, 0.25) is 0 Å². The maximum absolute atomic E-state index is 6.06. The van der Waals surface area contributed by atoms with E-state index in [1.54, 1.807) is 0 Å². The molecule has 0 N–H and O–H groups in total. The van der Waals surface area contributed by atoms with Gasteiger partial charge in [0.15, 0.2) is 0 Å². The Kier molecular flexibility index (Phi) is 5.28. The summed E-state index contributed by atoms with van der Waals surface area (Å²) in [6.45, 7) is 7.38. The van der Waals surface area contributed by atoms with E-state index in [2.05, 4.69) is 65.2 Å². The molecule has 27 heavy (non-hydrogen) atoms. The van der Waals surface area contributed by atoms with Gasteiger partial charge in [-0.05, 0) is 37.6 Å². The first-order valence-electron chi connectivity index (χ1n) is 9.56. The second-order valence-corrected chi connectivity index (χ2v) is 6.93. The van der Waals surface area contributed by atoms with Crippen molar-refractivity contribution in [3.63, 3.8) is 0 Å². The second kappa shape index (κ2) is 7.99. The first-order valence-corrected chi connectivity index (χ1v) is 9.56. The number of aromatic nitrogens is 1. The van der Waals surface area contributed by atoms with Crippen LogP contribution in [0.5, 0.6) is 5.75 Å². The highest BCUT2D eigenvalue weighted by molar-refractivity contribution is 5.47. The van der Waals surface area contributed by atoms with Crippen LogP contribution >= 0.6 is 0 Å². The van der Waals surface area contributed by atoms with Crippen molar-refractivity contribution >= 4 is 0 Å². The monoisotopic (exact) mass is 362 g/mol. The van der Waals surface area contributed by atoms with Crippen LogP contribution in [0.4, 0.5) is 0 Å². The third-order valence-corrected chi connectivity index (χ3v) is 4.94. The fourth-order valence-corrected chi connectivity index (χ4v) is 3.56. The summed E-state index contributed by atoms with van der Waals surface area (Å²) in [4.78, 5) is 2.39. The van der Waals surface area contributed by atoms with Crippen molar-refractivity contribution in [3.8, 4) is 11.4 Å². The van der Waals surface area contributed by atoms with Gasteiger partial charge >= 0.3 is 0 Å². The van der Waals surface area contributed by atoms with Gasteiger partial charge in [0.1, 0.15) is 12.0 Å². The van der Waals surface area contributed by atoms with Crippen LogP contribution in [-0.2, 0) is 11.3 Å². The lowest BCUT2D eigenvalue weighted by molar-refractivity contribution is 0.0288. The molecule has 1 aromatic heterocycles. The van der Waals surface area contributed by atoms with Gasteiger partial charge in [-0.15, -0.1) is 0 Å². The van der Waals surface area contributed by atoms with E-state index in [4.69, 9.17) is 9.47 Å². The van der Waals surface area contributed by atoms with Crippen molar-refractivity contribution in [2.24, 2.45) is 0 Å². The van der Waals surface area contributed by atoms with Crippen LogP contribution in [0.3, 0.4) is 0 Å². The summed E-state index contributed by atoms with van der Waals surface area (Å²) in [6, 6.07) is 19.0. The molecular formula is C23H26N2O2. The van der Waals surface area contributed by atoms with E-state index in [-0.39, 0.29) is 6.23 Å². The van der Waals surface area contributed by atoms with Crippen LogP contribution < -0.4 is 4.74 Å². The Morgan fingerprint density at radius 1 is 1.07 bits per heavy atom. The molecule has 0 unspecified atom stereocenters. The molecule has 4 heteroatoms. The normalized spacial score (nSPS) is 17.3. The molecule has 2 heterocycles. The maximum atomic E-state index is 6.06. The SMILES string of the molecule is CCOc1ccccc1-n1ccc([C@@H]2OCCN2Cc2ccc(C)cc2)c1. The summed E-state index contributed by atoms with van der Waals surface area (Å²) in [5.74, 6) is 0.894. The molecule has 140 valence electrons. The van der Waals surface area contributed by atoms with Gasteiger partial charge in [-0.1, -0.05) is 42.0 Å². The molecule has 0 amide bonds. The molecule has 4 nitrogen and oxygen atoms in total. The molecule has 1 aliphatic rings. The van der Waals surface area contributed by atoms with Crippen molar-refractivity contribution in [3.05, 3.63) is 83.7 Å². The van der Waals surface area contributed by atoms with Crippen LogP contribution in [0.15, 0.2) is 67.0 Å². The van der Waals surface area contributed by atoms with Crippen LogP contribution in [-0.4, -0.2) is 29.2 Å². The lowest BCUT2D eigenvalue weighted by Gasteiger charge is -2.22. The summed E-state index contributed by atoms with van der Waals surface area (Å²) in [6.07, 6.45) is 4.22. The molecule has 0 bridgehead atoms. The van der Waals surface area contributed by atoms with E-state index in [1.165, 1.54) is 16.7 Å². The average molecular weight is 362 g/mol. The fraction of sp³-hybridized carbons (Fsp3) is 0.304. The Morgan fingerprint density at radius 3 is 2.70 bits per heavy atom. The Morgan fingerprint density at radius 2 is 1.89 bits per heavy atom. The van der Waals surface area contributed by atoms with Crippen molar-refractivity contribution in [1.29, 1.82) is 0 Å². The highest BCUT2D eigenvalue weighted by Crippen LogP contribution is 2.31.